The van der Waals surface area contributed by atoms with Crippen LogP contribution in [0.1, 0.15) is 0 Å². The van der Waals surface area contributed by atoms with E-state index in [0.717, 1.165) is 0 Å². The highest BCUT2D eigenvalue weighted by atomic mass is 31.2. The van der Waals surface area contributed by atoms with Crippen molar-refractivity contribution in [3.8, 4) is 0 Å². The van der Waals surface area contributed by atoms with Gasteiger partial charge >= 0.3 is 0 Å². The van der Waals surface area contributed by atoms with Crippen LogP contribution in [-0.4, -0.2) is 41.7 Å². The summed E-state index contributed by atoms with van der Waals surface area (Å²) in [5.41, 5.74) is 0. The summed E-state index contributed by atoms with van der Waals surface area (Å²) in [5, 5.41) is 10.0. The van der Waals surface area contributed by atoms with Crippen molar-refractivity contribution >= 4 is 39.1 Å². The minimum absolute atomic E-state index is 3.20. The smallest absolute Gasteiger partial charge is 0.121 e. The summed E-state index contributed by atoms with van der Waals surface area (Å²) in [5.74, 6) is 0. The third-order valence-corrected chi connectivity index (χ3v) is 5.73. The number of phosphoric acid groups is 5. The maximum absolute atomic E-state index is 11.0. The van der Waals surface area contributed by atoms with Gasteiger partial charge in [0, 0.05) is 0 Å². The molecule has 0 aromatic rings. The molecule has 0 aromatic heterocycles. The van der Waals surface area contributed by atoms with Crippen molar-refractivity contribution in [2.75, 3.05) is 0 Å². The van der Waals surface area contributed by atoms with Gasteiger partial charge in [0.25, 0.3) is 0 Å². The lowest BCUT2D eigenvalue weighted by Crippen LogP contribution is -2.67. The number of hydrogen-bond acceptors (Lipinski definition) is 21. The van der Waals surface area contributed by atoms with E-state index in [0.29, 0.717) is 0 Å². The number of aliphatic hydroxyl groups excluding tert-OH is 1. The Bertz CT molecular complexity index is 824. The first kappa shape index (κ1) is 30.5. The molecule has 192 valence electrons. The third-order valence-electron chi connectivity index (χ3n) is 3.22. The highest BCUT2D eigenvalue weighted by Gasteiger charge is 2.55. The largest absolute Gasteiger partial charge is 0.790 e. The van der Waals surface area contributed by atoms with Crippen LogP contribution in [0.15, 0.2) is 0 Å². The first-order valence-electron chi connectivity index (χ1n) is 7.09. The summed E-state index contributed by atoms with van der Waals surface area (Å²) in [4.78, 5) is 109. The fourth-order valence-electron chi connectivity index (χ4n) is 2.49. The van der Waals surface area contributed by atoms with Crippen LogP contribution >= 0.6 is 39.1 Å². The summed E-state index contributed by atoms with van der Waals surface area (Å²) < 4.78 is 73.0. The first-order chi connectivity index (χ1) is 13.9. The molecule has 0 saturated heterocycles. The zero-order chi connectivity index (χ0) is 25.5. The van der Waals surface area contributed by atoms with Crippen molar-refractivity contribution < 1.29 is 99.5 Å². The molecule has 0 heterocycles. The molecular weight excluding hydrogens is 563 g/mol. The first-order valence-corrected chi connectivity index (χ1v) is 14.4. The van der Waals surface area contributed by atoms with Gasteiger partial charge in [-0.2, -0.15) is 0 Å². The fourth-order valence-corrected chi connectivity index (χ4v) is 5.19. The van der Waals surface area contributed by atoms with Crippen molar-refractivity contribution in [2.45, 2.75) is 36.6 Å². The lowest BCUT2D eigenvalue weighted by Gasteiger charge is -2.55. The van der Waals surface area contributed by atoms with Crippen molar-refractivity contribution in [2.24, 2.45) is 0 Å². The molecule has 32 heavy (non-hydrogen) atoms. The SMILES string of the molecule is O=P([O-])([O-])OC1[C@H](OP(=O)([O-])[O-])[C@H](OP(=O)([O-])[O-])C(O)[C@H](OP(=O)([O-])[O-])[C@H]1OP(=O)([O-])[O-]. The Balaban J connectivity index is 3.77. The summed E-state index contributed by atoms with van der Waals surface area (Å²) >= 11 is 0. The molecule has 1 fully saturated rings. The standard InChI is InChI=1S/C6H17O21P5/c7-1-2(23-28(8,9)10)4(25-30(14,15)16)6(27-32(20,21)22)5(26-31(17,18)19)3(1)24-29(11,12)13/h1-7H,(H2,8,9,10)(H2,11,12,13)(H2,14,15,16)(H2,17,18,19)(H2,20,21,22)/p-10/t1?,2-,3+,4-,5-,6?/m1/s1. The minimum atomic E-state index is -6.51. The van der Waals surface area contributed by atoms with Crippen molar-refractivity contribution in [3.05, 3.63) is 0 Å². The topological polar surface area (TPSA) is 382 Å². The van der Waals surface area contributed by atoms with E-state index in [1.807, 2.05) is 0 Å². The monoisotopic (exact) mass is 570 g/mol. The van der Waals surface area contributed by atoms with Gasteiger partial charge in [0.2, 0.25) is 0 Å². The number of hydrogen-bond donors (Lipinski definition) is 1. The van der Waals surface area contributed by atoms with Gasteiger partial charge < -0.3 is 99.5 Å². The normalized spacial score (nSPS) is 31.0. The van der Waals surface area contributed by atoms with Gasteiger partial charge in [-0.15, -0.1) is 0 Å². The second-order valence-electron chi connectivity index (χ2n) is 5.58. The summed E-state index contributed by atoms with van der Waals surface area (Å²) in [6, 6.07) is 0. The van der Waals surface area contributed by atoms with Crippen LogP contribution < -0.4 is 48.9 Å². The molecule has 0 bridgehead atoms. The number of aliphatic hydroxyl groups is 1. The molecule has 1 aliphatic carbocycles. The quantitative estimate of drug-likeness (QED) is 0.238. The van der Waals surface area contributed by atoms with Crippen molar-refractivity contribution in [3.63, 3.8) is 0 Å². The lowest BCUT2D eigenvalue weighted by molar-refractivity contribution is -0.384. The van der Waals surface area contributed by atoms with Gasteiger partial charge in [0.05, 0.1) is 39.1 Å². The van der Waals surface area contributed by atoms with Gasteiger partial charge in [-0.3, -0.25) is 0 Å². The molecule has 0 amide bonds. The van der Waals surface area contributed by atoms with Crippen LogP contribution in [0.25, 0.3) is 0 Å². The molecule has 1 N–H and O–H groups in total. The minimum Gasteiger partial charge on any atom is -0.790 e. The van der Waals surface area contributed by atoms with Gasteiger partial charge in [-0.1, -0.05) is 0 Å². The van der Waals surface area contributed by atoms with Crippen molar-refractivity contribution in [1.29, 1.82) is 0 Å². The summed E-state index contributed by atoms with van der Waals surface area (Å²) in [7, 11) is -32.2. The maximum atomic E-state index is 11.0. The van der Waals surface area contributed by atoms with Crippen LogP contribution in [-0.2, 0) is 45.4 Å². The fraction of sp³-hybridized carbons (Fsp3) is 1.00. The van der Waals surface area contributed by atoms with E-state index in [2.05, 4.69) is 22.6 Å². The van der Waals surface area contributed by atoms with E-state index in [1.165, 1.54) is 0 Å². The van der Waals surface area contributed by atoms with Crippen LogP contribution in [0.5, 0.6) is 0 Å². The highest BCUT2D eigenvalue weighted by Crippen LogP contribution is 2.49. The summed E-state index contributed by atoms with van der Waals surface area (Å²) in [6.07, 6.45) is -19.5. The van der Waals surface area contributed by atoms with Gasteiger partial charge in [-0.25, -0.2) is 0 Å². The average molecular weight is 570 g/mol. The predicted molar refractivity (Wildman–Crippen MR) is 68.4 cm³/mol. The van der Waals surface area contributed by atoms with Crippen LogP contribution in [0, 0.1) is 0 Å². The van der Waals surface area contributed by atoms with Crippen LogP contribution in [0.4, 0.5) is 0 Å². The van der Waals surface area contributed by atoms with E-state index in [4.69, 9.17) is 0 Å². The zero-order valence-corrected chi connectivity index (χ0v) is 18.8. The Hall–Kier alpha value is 0.510. The maximum Gasteiger partial charge on any atom is 0.121 e. The number of phosphoric ester groups is 5. The molecule has 6 atom stereocenters. The highest BCUT2D eigenvalue weighted by molar-refractivity contribution is 7.44. The molecule has 1 aliphatic rings. The molecule has 2 unspecified atom stereocenters. The molecule has 0 aliphatic heterocycles. The van der Waals surface area contributed by atoms with Gasteiger partial charge in [0.15, 0.2) is 0 Å². The van der Waals surface area contributed by atoms with Gasteiger partial charge in [-0.05, 0) is 0 Å². The Morgan fingerprint density at radius 1 is 0.406 bits per heavy atom. The second kappa shape index (κ2) is 10.2. The van der Waals surface area contributed by atoms with Gasteiger partial charge in [0.1, 0.15) is 36.6 Å². The molecule has 1 rings (SSSR count). The Morgan fingerprint density at radius 2 is 0.562 bits per heavy atom. The Kier molecular flexibility index (Phi) is 9.78. The average Bonchev–Trinajstić information content (AvgIpc) is 2.45. The Morgan fingerprint density at radius 3 is 0.750 bits per heavy atom. The molecule has 26 heteroatoms. The molecule has 21 nitrogen and oxygen atoms in total. The second-order valence-corrected chi connectivity index (χ2v) is 11.1. The molecule has 0 radical (unpaired) electrons. The third kappa shape index (κ3) is 10.8. The van der Waals surface area contributed by atoms with Crippen molar-refractivity contribution in [1.82, 2.24) is 0 Å². The zero-order valence-electron chi connectivity index (χ0n) is 14.3. The molecule has 0 spiro atoms. The Labute approximate surface area is 176 Å². The molecule has 1 saturated carbocycles. The lowest BCUT2D eigenvalue weighted by atomic mass is 9.85. The van der Waals surface area contributed by atoms with Crippen LogP contribution in [0.3, 0.4) is 0 Å². The number of rotatable bonds is 10. The van der Waals surface area contributed by atoms with E-state index in [-0.39, 0.29) is 0 Å². The van der Waals surface area contributed by atoms with E-state index in [1.54, 1.807) is 0 Å². The summed E-state index contributed by atoms with van der Waals surface area (Å²) in [6.45, 7) is 0. The van der Waals surface area contributed by atoms with Crippen LogP contribution in [0.2, 0.25) is 0 Å². The van der Waals surface area contributed by atoms with E-state index >= 15 is 0 Å². The molecule has 0 aromatic carbocycles. The molecular formula is C6H7O21P5-10. The predicted octanol–water partition coefficient (Wildman–Crippen LogP) is -9.57. The van der Waals surface area contributed by atoms with E-state index < -0.39 is 75.7 Å². The van der Waals surface area contributed by atoms with E-state index in [9.17, 15) is 76.9 Å².